The van der Waals surface area contributed by atoms with Gasteiger partial charge in [-0.05, 0) is 45.4 Å². The molecule has 0 aliphatic rings. The molecule has 2 rings (SSSR count). The van der Waals surface area contributed by atoms with Crippen molar-refractivity contribution in [2.75, 3.05) is 12.4 Å². The standard InChI is InChI=1S/C17H23N3O3/c1-12(11-17(2,3)22-4)19-16(21)20-14-7-5-6-13(10-14)15-18-8-9-23-15/h5-10,12H,11H2,1-4H3,(H2,19,20,21)/t12-/m1/s1. The highest BCUT2D eigenvalue weighted by Gasteiger charge is 2.21. The lowest BCUT2D eigenvalue weighted by molar-refractivity contribution is 0.00963. The van der Waals surface area contributed by atoms with Crippen molar-refractivity contribution in [1.82, 2.24) is 10.3 Å². The number of urea groups is 1. The number of methoxy groups -OCH3 is 1. The van der Waals surface area contributed by atoms with E-state index in [4.69, 9.17) is 9.15 Å². The Morgan fingerprint density at radius 3 is 2.87 bits per heavy atom. The van der Waals surface area contributed by atoms with Crippen LogP contribution in [0.15, 0.2) is 41.1 Å². The van der Waals surface area contributed by atoms with Crippen molar-refractivity contribution in [2.24, 2.45) is 0 Å². The van der Waals surface area contributed by atoms with E-state index in [9.17, 15) is 4.79 Å². The van der Waals surface area contributed by atoms with Crippen molar-refractivity contribution in [2.45, 2.75) is 38.8 Å². The van der Waals surface area contributed by atoms with Gasteiger partial charge in [0.25, 0.3) is 0 Å². The minimum atomic E-state index is -0.280. The van der Waals surface area contributed by atoms with Gasteiger partial charge in [0.1, 0.15) is 6.26 Å². The number of hydrogen-bond donors (Lipinski definition) is 2. The first-order chi connectivity index (χ1) is 10.9. The van der Waals surface area contributed by atoms with Gasteiger partial charge in [-0.3, -0.25) is 0 Å². The lowest BCUT2D eigenvalue weighted by atomic mass is 10.00. The fourth-order valence-corrected chi connectivity index (χ4v) is 2.36. The maximum atomic E-state index is 12.1. The number of carbonyl (C=O) groups is 1. The summed E-state index contributed by atoms with van der Waals surface area (Å²) >= 11 is 0. The van der Waals surface area contributed by atoms with Gasteiger partial charge in [0.15, 0.2) is 0 Å². The van der Waals surface area contributed by atoms with Gasteiger partial charge in [-0.2, -0.15) is 0 Å². The molecule has 1 atom stereocenters. The first-order valence-electron chi connectivity index (χ1n) is 7.52. The average molecular weight is 317 g/mol. The quantitative estimate of drug-likeness (QED) is 0.852. The van der Waals surface area contributed by atoms with Gasteiger partial charge in [-0.25, -0.2) is 9.78 Å². The summed E-state index contributed by atoms with van der Waals surface area (Å²) < 4.78 is 10.6. The first-order valence-corrected chi connectivity index (χ1v) is 7.52. The minimum Gasteiger partial charge on any atom is -0.445 e. The van der Waals surface area contributed by atoms with Crippen LogP contribution >= 0.6 is 0 Å². The molecule has 6 heteroatoms. The molecule has 1 aromatic heterocycles. The number of nitrogens with one attached hydrogen (secondary N) is 2. The third kappa shape index (κ3) is 5.10. The van der Waals surface area contributed by atoms with Crippen LogP contribution in [0.3, 0.4) is 0 Å². The second-order valence-corrected chi connectivity index (χ2v) is 6.09. The zero-order chi connectivity index (χ0) is 16.9. The van der Waals surface area contributed by atoms with Gasteiger partial charge in [-0.15, -0.1) is 0 Å². The Bertz CT molecular complexity index is 638. The van der Waals surface area contributed by atoms with E-state index >= 15 is 0 Å². The molecule has 0 fully saturated rings. The van der Waals surface area contributed by atoms with Crippen LogP contribution in [0.5, 0.6) is 0 Å². The van der Waals surface area contributed by atoms with E-state index in [1.807, 2.05) is 45.0 Å². The summed E-state index contributed by atoms with van der Waals surface area (Å²) in [5, 5.41) is 5.72. The number of aromatic nitrogens is 1. The predicted molar refractivity (Wildman–Crippen MR) is 89.3 cm³/mol. The molecule has 0 spiro atoms. The van der Waals surface area contributed by atoms with Crippen molar-refractivity contribution in [3.63, 3.8) is 0 Å². The second kappa shape index (κ2) is 7.28. The largest absolute Gasteiger partial charge is 0.445 e. The maximum absolute atomic E-state index is 12.1. The SMILES string of the molecule is COC(C)(C)C[C@@H](C)NC(=O)Nc1cccc(-c2ncco2)c1. The molecule has 2 aromatic rings. The van der Waals surface area contributed by atoms with Crippen LogP contribution in [0.25, 0.3) is 11.5 Å². The molecule has 0 aliphatic carbocycles. The molecule has 2 amide bonds. The van der Waals surface area contributed by atoms with Crippen LogP contribution in [-0.4, -0.2) is 29.8 Å². The third-order valence-electron chi connectivity index (χ3n) is 3.53. The predicted octanol–water partition coefficient (Wildman–Crippen LogP) is 3.67. The van der Waals surface area contributed by atoms with Crippen LogP contribution in [0.2, 0.25) is 0 Å². The smallest absolute Gasteiger partial charge is 0.319 e. The van der Waals surface area contributed by atoms with E-state index in [2.05, 4.69) is 15.6 Å². The molecule has 0 radical (unpaired) electrons. The number of benzene rings is 1. The van der Waals surface area contributed by atoms with Crippen LogP contribution < -0.4 is 10.6 Å². The summed E-state index contributed by atoms with van der Waals surface area (Å²) in [7, 11) is 1.67. The number of anilines is 1. The molecular formula is C17H23N3O3. The summed E-state index contributed by atoms with van der Waals surface area (Å²) in [6.45, 7) is 5.93. The molecule has 2 N–H and O–H groups in total. The van der Waals surface area contributed by atoms with Crippen LogP contribution in [-0.2, 0) is 4.74 Å². The maximum Gasteiger partial charge on any atom is 0.319 e. The third-order valence-corrected chi connectivity index (χ3v) is 3.53. The number of amides is 2. The summed E-state index contributed by atoms with van der Waals surface area (Å²) in [6, 6.07) is 7.07. The molecule has 124 valence electrons. The number of carbonyl (C=O) groups excluding carboxylic acids is 1. The van der Waals surface area contributed by atoms with E-state index in [0.717, 1.165) is 5.56 Å². The summed E-state index contributed by atoms with van der Waals surface area (Å²) in [5.41, 5.74) is 1.20. The van der Waals surface area contributed by atoms with E-state index in [1.54, 1.807) is 13.3 Å². The average Bonchev–Trinajstić information content (AvgIpc) is 3.00. The van der Waals surface area contributed by atoms with Crippen molar-refractivity contribution in [3.05, 3.63) is 36.7 Å². The van der Waals surface area contributed by atoms with Crippen LogP contribution in [0.4, 0.5) is 10.5 Å². The van der Waals surface area contributed by atoms with Gasteiger partial charge < -0.3 is 19.8 Å². The number of nitrogens with zero attached hydrogens (tertiary/aromatic N) is 1. The lowest BCUT2D eigenvalue weighted by Crippen LogP contribution is -2.40. The Kier molecular flexibility index (Phi) is 5.39. The molecule has 0 bridgehead atoms. The normalized spacial score (nSPS) is 12.7. The molecule has 0 saturated carbocycles. The lowest BCUT2D eigenvalue weighted by Gasteiger charge is -2.27. The van der Waals surface area contributed by atoms with Gasteiger partial charge in [0, 0.05) is 24.4 Å². The monoisotopic (exact) mass is 317 g/mol. The van der Waals surface area contributed by atoms with Gasteiger partial charge in [0.05, 0.1) is 11.8 Å². The Hall–Kier alpha value is -2.34. The molecule has 6 nitrogen and oxygen atoms in total. The summed E-state index contributed by atoms with van der Waals surface area (Å²) in [5.74, 6) is 0.518. The molecule has 1 heterocycles. The number of oxazole rings is 1. The zero-order valence-corrected chi connectivity index (χ0v) is 13.9. The number of hydrogen-bond acceptors (Lipinski definition) is 4. The van der Waals surface area contributed by atoms with E-state index < -0.39 is 0 Å². The van der Waals surface area contributed by atoms with Crippen molar-refractivity contribution in [1.29, 1.82) is 0 Å². The minimum absolute atomic E-state index is 0.0140. The first kappa shape index (κ1) is 17.0. The van der Waals surface area contributed by atoms with Crippen LogP contribution in [0, 0.1) is 0 Å². The van der Waals surface area contributed by atoms with E-state index in [-0.39, 0.29) is 17.7 Å². The number of rotatable bonds is 6. The second-order valence-electron chi connectivity index (χ2n) is 6.09. The molecular weight excluding hydrogens is 294 g/mol. The molecule has 23 heavy (non-hydrogen) atoms. The Morgan fingerprint density at radius 2 is 2.22 bits per heavy atom. The number of ether oxygens (including phenoxy) is 1. The zero-order valence-electron chi connectivity index (χ0n) is 13.9. The van der Waals surface area contributed by atoms with Gasteiger partial charge in [0.2, 0.25) is 5.89 Å². The van der Waals surface area contributed by atoms with Gasteiger partial charge in [-0.1, -0.05) is 6.07 Å². The van der Waals surface area contributed by atoms with Crippen molar-refractivity contribution >= 4 is 11.7 Å². The van der Waals surface area contributed by atoms with Gasteiger partial charge >= 0.3 is 6.03 Å². The van der Waals surface area contributed by atoms with Crippen molar-refractivity contribution < 1.29 is 13.9 Å². The fraction of sp³-hybridized carbons (Fsp3) is 0.412. The van der Waals surface area contributed by atoms with Crippen molar-refractivity contribution in [3.8, 4) is 11.5 Å². The highest BCUT2D eigenvalue weighted by atomic mass is 16.5. The molecule has 0 aliphatic heterocycles. The fourth-order valence-electron chi connectivity index (χ4n) is 2.36. The summed E-state index contributed by atoms with van der Waals surface area (Å²) in [4.78, 5) is 16.2. The highest BCUT2D eigenvalue weighted by Crippen LogP contribution is 2.21. The molecule has 1 aromatic carbocycles. The Morgan fingerprint density at radius 1 is 1.43 bits per heavy atom. The highest BCUT2D eigenvalue weighted by molar-refractivity contribution is 5.90. The van der Waals surface area contributed by atoms with E-state index in [0.29, 0.717) is 18.0 Å². The Balaban J connectivity index is 1.94. The summed E-state index contributed by atoms with van der Waals surface area (Å²) in [6.07, 6.45) is 3.82. The topological polar surface area (TPSA) is 76.4 Å². The Labute approximate surface area is 136 Å². The van der Waals surface area contributed by atoms with Crippen LogP contribution in [0.1, 0.15) is 27.2 Å². The van der Waals surface area contributed by atoms with E-state index in [1.165, 1.54) is 6.26 Å². The molecule has 0 unspecified atom stereocenters. The molecule has 0 saturated heterocycles.